The van der Waals surface area contributed by atoms with Crippen molar-refractivity contribution in [3.8, 4) is 0 Å². The van der Waals surface area contributed by atoms with Crippen LogP contribution >= 0.6 is 11.8 Å². The van der Waals surface area contributed by atoms with E-state index in [9.17, 15) is 8.78 Å². The lowest BCUT2D eigenvalue weighted by atomic mass is 10.1. The van der Waals surface area contributed by atoms with Gasteiger partial charge in [-0.15, -0.1) is 6.58 Å². The number of hydrogen-bond acceptors (Lipinski definition) is 2. The minimum atomic E-state index is -0.406. The van der Waals surface area contributed by atoms with E-state index in [0.29, 0.717) is 5.56 Å². The summed E-state index contributed by atoms with van der Waals surface area (Å²) in [5, 5.41) is 3.16. The number of nitrogens with one attached hydrogen (secondary N) is 1. The van der Waals surface area contributed by atoms with Crippen molar-refractivity contribution in [2.75, 3.05) is 18.1 Å². The average Bonchev–Trinajstić information content (AvgIpc) is 2.32. The number of halogens is 2. The van der Waals surface area contributed by atoms with Gasteiger partial charge in [0.2, 0.25) is 0 Å². The van der Waals surface area contributed by atoms with E-state index in [1.165, 1.54) is 6.07 Å². The van der Waals surface area contributed by atoms with Gasteiger partial charge < -0.3 is 5.32 Å². The zero-order valence-corrected chi connectivity index (χ0v) is 10.7. The fraction of sp³-hybridized carbons (Fsp3) is 0.385. The lowest BCUT2D eigenvalue weighted by molar-refractivity contribution is 0.530. The third-order valence-electron chi connectivity index (χ3n) is 2.36. The predicted octanol–water partition coefficient (Wildman–Crippen LogP) is 3.53. The molecule has 0 fully saturated rings. The van der Waals surface area contributed by atoms with Crippen LogP contribution in [0.5, 0.6) is 0 Å². The summed E-state index contributed by atoms with van der Waals surface area (Å²) in [7, 11) is 0. The van der Waals surface area contributed by atoms with Crippen LogP contribution in [0.25, 0.3) is 0 Å². The molecule has 4 heteroatoms. The number of hydrogen-bond donors (Lipinski definition) is 1. The highest BCUT2D eigenvalue weighted by molar-refractivity contribution is 7.99. The first kappa shape index (κ1) is 14.2. The van der Waals surface area contributed by atoms with Crippen LogP contribution < -0.4 is 5.32 Å². The number of thioether (sulfide) groups is 1. The molecule has 0 aliphatic rings. The summed E-state index contributed by atoms with van der Waals surface area (Å²) >= 11 is 1.75. The van der Waals surface area contributed by atoms with Gasteiger partial charge in [-0.1, -0.05) is 6.08 Å². The second-order valence-electron chi connectivity index (χ2n) is 3.71. The van der Waals surface area contributed by atoms with E-state index in [-0.39, 0.29) is 11.9 Å². The van der Waals surface area contributed by atoms with E-state index >= 15 is 0 Å². The summed E-state index contributed by atoms with van der Waals surface area (Å²) in [6, 6.07) is 3.35. The molecule has 0 aromatic heterocycles. The molecule has 0 bridgehead atoms. The molecule has 0 heterocycles. The Balaban J connectivity index is 2.43. The van der Waals surface area contributed by atoms with Crippen LogP contribution in [0.15, 0.2) is 30.9 Å². The summed E-state index contributed by atoms with van der Waals surface area (Å²) in [6.45, 7) is 6.22. The second kappa shape index (κ2) is 7.45. The highest BCUT2D eigenvalue weighted by atomic mass is 32.2. The molecule has 1 aromatic rings. The lowest BCUT2D eigenvalue weighted by Crippen LogP contribution is -2.22. The van der Waals surface area contributed by atoms with Gasteiger partial charge >= 0.3 is 0 Å². The maximum absolute atomic E-state index is 13.4. The molecule has 0 amide bonds. The molecule has 0 aliphatic heterocycles. The summed E-state index contributed by atoms with van der Waals surface area (Å²) in [6.07, 6.45) is 1.85. The van der Waals surface area contributed by atoms with Crippen molar-refractivity contribution in [2.24, 2.45) is 0 Å². The summed E-state index contributed by atoms with van der Waals surface area (Å²) in [5.41, 5.74) is 0.374. The van der Waals surface area contributed by atoms with Gasteiger partial charge in [-0.05, 0) is 25.1 Å². The largest absolute Gasteiger partial charge is 0.309 e. The van der Waals surface area contributed by atoms with E-state index in [1.807, 2.05) is 13.0 Å². The van der Waals surface area contributed by atoms with Gasteiger partial charge in [-0.25, -0.2) is 8.78 Å². The minimum absolute atomic E-state index is 0.185. The van der Waals surface area contributed by atoms with Gasteiger partial charge in [0.15, 0.2) is 0 Å². The van der Waals surface area contributed by atoms with Crippen LogP contribution in [0.3, 0.4) is 0 Å². The van der Waals surface area contributed by atoms with Crippen molar-refractivity contribution in [1.29, 1.82) is 0 Å². The Labute approximate surface area is 105 Å². The fourth-order valence-corrected chi connectivity index (χ4v) is 2.07. The quantitative estimate of drug-likeness (QED) is 0.592. The SMILES string of the molecule is C=CCSCCNC(C)c1cc(F)ccc1F. The summed E-state index contributed by atoms with van der Waals surface area (Å²) in [4.78, 5) is 0. The third-order valence-corrected chi connectivity index (χ3v) is 3.32. The molecule has 0 spiro atoms. The average molecular weight is 257 g/mol. The number of benzene rings is 1. The van der Waals surface area contributed by atoms with E-state index < -0.39 is 5.82 Å². The van der Waals surface area contributed by atoms with Crippen LogP contribution in [0.2, 0.25) is 0 Å². The molecule has 0 saturated heterocycles. The Morgan fingerprint density at radius 1 is 1.47 bits per heavy atom. The van der Waals surface area contributed by atoms with Crippen molar-refractivity contribution in [3.05, 3.63) is 48.1 Å². The molecule has 0 saturated carbocycles. The van der Waals surface area contributed by atoms with Crippen LogP contribution in [0.4, 0.5) is 8.78 Å². The van der Waals surface area contributed by atoms with E-state index in [0.717, 1.165) is 30.2 Å². The molecule has 1 atom stereocenters. The molecule has 1 aromatic carbocycles. The van der Waals surface area contributed by atoms with E-state index in [2.05, 4.69) is 11.9 Å². The smallest absolute Gasteiger partial charge is 0.128 e. The fourth-order valence-electron chi connectivity index (χ4n) is 1.47. The van der Waals surface area contributed by atoms with Crippen LogP contribution in [0, 0.1) is 11.6 Å². The highest BCUT2D eigenvalue weighted by Gasteiger charge is 2.10. The predicted molar refractivity (Wildman–Crippen MR) is 70.3 cm³/mol. The Hall–Kier alpha value is -0.870. The zero-order chi connectivity index (χ0) is 12.7. The molecule has 1 nitrogen and oxygen atoms in total. The van der Waals surface area contributed by atoms with Gasteiger partial charge in [-0.3, -0.25) is 0 Å². The number of rotatable bonds is 7. The van der Waals surface area contributed by atoms with E-state index in [1.54, 1.807) is 11.8 Å². The zero-order valence-electron chi connectivity index (χ0n) is 9.88. The van der Waals surface area contributed by atoms with Crippen molar-refractivity contribution in [2.45, 2.75) is 13.0 Å². The third kappa shape index (κ3) is 4.88. The molecule has 1 unspecified atom stereocenters. The highest BCUT2D eigenvalue weighted by Crippen LogP contribution is 2.17. The summed E-state index contributed by atoms with van der Waals surface area (Å²) < 4.78 is 26.4. The van der Waals surface area contributed by atoms with Crippen LogP contribution in [-0.2, 0) is 0 Å². The molecule has 94 valence electrons. The molecule has 1 rings (SSSR count). The first-order chi connectivity index (χ1) is 8.15. The molecule has 0 aliphatic carbocycles. The molecular formula is C13H17F2NS. The van der Waals surface area contributed by atoms with Crippen LogP contribution in [-0.4, -0.2) is 18.1 Å². The van der Waals surface area contributed by atoms with E-state index in [4.69, 9.17) is 0 Å². The lowest BCUT2D eigenvalue weighted by Gasteiger charge is -2.14. The monoisotopic (exact) mass is 257 g/mol. The topological polar surface area (TPSA) is 12.0 Å². The van der Waals surface area contributed by atoms with Crippen molar-refractivity contribution >= 4 is 11.8 Å². The maximum atomic E-state index is 13.4. The van der Waals surface area contributed by atoms with Gasteiger partial charge in [0.25, 0.3) is 0 Å². The first-order valence-corrected chi connectivity index (χ1v) is 6.67. The van der Waals surface area contributed by atoms with Crippen molar-refractivity contribution in [3.63, 3.8) is 0 Å². The standard InChI is InChI=1S/C13H17F2NS/c1-3-7-17-8-6-16-10(2)12-9-11(14)4-5-13(12)15/h3-5,9-10,16H,1,6-8H2,2H3. The van der Waals surface area contributed by atoms with Gasteiger partial charge in [0.1, 0.15) is 11.6 Å². The molecule has 17 heavy (non-hydrogen) atoms. The van der Waals surface area contributed by atoms with Gasteiger partial charge in [0, 0.05) is 29.7 Å². The minimum Gasteiger partial charge on any atom is -0.309 e. The molecule has 1 N–H and O–H groups in total. The van der Waals surface area contributed by atoms with Crippen molar-refractivity contribution in [1.82, 2.24) is 5.32 Å². The maximum Gasteiger partial charge on any atom is 0.128 e. The Morgan fingerprint density at radius 3 is 2.94 bits per heavy atom. The Morgan fingerprint density at radius 2 is 2.24 bits per heavy atom. The Bertz CT molecular complexity index is 368. The molecule has 0 radical (unpaired) electrons. The van der Waals surface area contributed by atoms with Crippen LogP contribution in [0.1, 0.15) is 18.5 Å². The summed E-state index contributed by atoms with van der Waals surface area (Å²) in [5.74, 6) is 1.05. The van der Waals surface area contributed by atoms with Crippen molar-refractivity contribution < 1.29 is 8.78 Å². The normalized spacial score (nSPS) is 12.4. The van der Waals surface area contributed by atoms with Gasteiger partial charge in [0.05, 0.1) is 0 Å². The second-order valence-corrected chi connectivity index (χ2v) is 4.86. The van der Waals surface area contributed by atoms with Gasteiger partial charge in [-0.2, -0.15) is 11.8 Å². The molecular weight excluding hydrogens is 240 g/mol. The Kier molecular flexibility index (Phi) is 6.22. The first-order valence-electron chi connectivity index (χ1n) is 5.52.